The van der Waals surface area contributed by atoms with E-state index in [1.165, 1.54) is 16.9 Å². The van der Waals surface area contributed by atoms with Gasteiger partial charge in [-0.05, 0) is 69.0 Å². The van der Waals surface area contributed by atoms with Gasteiger partial charge in [-0.3, -0.25) is 4.79 Å². The summed E-state index contributed by atoms with van der Waals surface area (Å²) in [6, 6.07) is 14.0. The number of carbonyl (C=O) groups is 2. The van der Waals surface area contributed by atoms with Gasteiger partial charge in [-0.25, -0.2) is 4.79 Å². The molecule has 1 amide bonds. The van der Waals surface area contributed by atoms with Gasteiger partial charge in [-0.2, -0.15) is 0 Å². The Kier molecular flexibility index (Phi) is 7.79. The molecule has 1 N–H and O–H groups in total. The van der Waals surface area contributed by atoms with Crippen molar-refractivity contribution in [1.82, 2.24) is 4.57 Å². The molecule has 6 nitrogen and oxygen atoms in total. The quantitative estimate of drug-likeness (QED) is 0.247. The molecule has 2 aromatic carbocycles. The number of anilines is 1. The van der Waals surface area contributed by atoms with Crippen LogP contribution < -0.4 is 10.1 Å². The lowest BCUT2D eigenvalue weighted by molar-refractivity contribution is 0.0529. The number of fused-ring (bicyclic) bond motifs is 1. The highest BCUT2D eigenvalue weighted by molar-refractivity contribution is 7.15. The Morgan fingerprint density at radius 1 is 1.00 bits per heavy atom. The number of carbonyl (C=O) groups excluding carboxylic acids is 2. The van der Waals surface area contributed by atoms with Crippen LogP contribution in [0.1, 0.15) is 59.7 Å². The van der Waals surface area contributed by atoms with Crippen LogP contribution in [0.15, 0.2) is 47.8 Å². The maximum Gasteiger partial charge on any atom is 0.341 e. The fourth-order valence-corrected chi connectivity index (χ4v) is 5.48. The molecule has 0 atom stereocenters. The standard InChI is InChI=1S/C29H32N2O4S/c1-6-19-10-12-20(13-11-19)23-17-36-28(25(23)29(33)35-9-4)30-27(32)26-18(5)22-16-21(34-8-3)14-15-24(22)31(26)7-2/h10-17H,6-9H2,1-5H3,(H,30,32). The Hall–Kier alpha value is -3.58. The van der Waals surface area contributed by atoms with Gasteiger partial charge in [0.05, 0.1) is 13.2 Å². The highest BCUT2D eigenvalue weighted by Gasteiger charge is 2.26. The van der Waals surface area contributed by atoms with Crippen molar-refractivity contribution >= 4 is 39.1 Å². The van der Waals surface area contributed by atoms with Gasteiger partial charge in [-0.1, -0.05) is 31.2 Å². The van der Waals surface area contributed by atoms with Crippen molar-refractivity contribution in [2.24, 2.45) is 0 Å². The summed E-state index contributed by atoms with van der Waals surface area (Å²) in [5.74, 6) is 0.0661. The molecule has 7 heteroatoms. The largest absolute Gasteiger partial charge is 0.494 e. The highest BCUT2D eigenvalue weighted by Crippen LogP contribution is 2.37. The van der Waals surface area contributed by atoms with Gasteiger partial charge in [0.1, 0.15) is 22.0 Å². The lowest BCUT2D eigenvalue weighted by atomic mass is 10.0. The first-order valence-corrected chi connectivity index (χ1v) is 13.3. The number of ether oxygens (including phenoxy) is 2. The number of benzene rings is 2. The van der Waals surface area contributed by atoms with E-state index in [0.29, 0.717) is 29.4 Å². The zero-order chi connectivity index (χ0) is 25.8. The second-order valence-corrected chi connectivity index (χ2v) is 9.29. The summed E-state index contributed by atoms with van der Waals surface area (Å²) in [6.45, 7) is 11.2. The molecule has 188 valence electrons. The molecule has 4 aromatic rings. The Balaban J connectivity index is 1.75. The van der Waals surface area contributed by atoms with Gasteiger partial charge >= 0.3 is 5.97 Å². The third kappa shape index (κ3) is 4.75. The molecule has 0 unspecified atom stereocenters. The minimum absolute atomic E-state index is 0.252. The SMILES string of the molecule is CCOC(=O)c1c(-c2ccc(CC)cc2)csc1NC(=O)c1c(C)c2cc(OCC)ccc2n1CC. The van der Waals surface area contributed by atoms with E-state index >= 15 is 0 Å². The van der Waals surface area contributed by atoms with E-state index in [0.717, 1.165) is 39.8 Å². The average molecular weight is 505 g/mol. The first-order chi connectivity index (χ1) is 17.4. The number of aromatic nitrogens is 1. The highest BCUT2D eigenvalue weighted by atomic mass is 32.1. The molecular formula is C29H32N2O4S. The van der Waals surface area contributed by atoms with Crippen molar-refractivity contribution in [2.45, 2.75) is 47.6 Å². The number of nitrogens with zero attached hydrogens (tertiary/aromatic N) is 1. The Bertz CT molecular complexity index is 1400. The lowest BCUT2D eigenvalue weighted by Crippen LogP contribution is -2.19. The molecule has 0 fully saturated rings. The van der Waals surface area contributed by atoms with E-state index < -0.39 is 5.97 Å². The van der Waals surface area contributed by atoms with Gasteiger partial charge in [0, 0.05) is 28.4 Å². The molecule has 0 saturated heterocycles. The molecule has 0 radical (unpaired) electrons. The van der Waals surface area contributed by atoms with Crippen molar-refractivity contribution in [1.29, 1.82) is 0 Å². The Morgan fingerprint density at radius 2 is 1.75 bits per heavy atom. The smallest absolute Gasteiger partial charge is 0.341 e. The van der Waals surface area contributed by atoms with Crippen LogP contribution in [-0.2, 0) is 17.7 Å². The second-order valence-electron chi connectivity index (χ2n) is 8.41. The van der Waals surface area contributed by atoms with Gasteiger partial charge in [0.25, 0.3) is 5.91 Å². The van der Waals surface area contributed by atoms with Crippen LogP contribution in [0.4, 0.5) is 5.00 Å². The molecule has 0 bridgehead atoms. The summed E-state index contributed by atoms with van der Waals surface area (Å²) in [6.07, 6.45) is 0.937. The average Bonchev–Trinajstić information content (AvgIpc) is 3.42. The summed E-state index contributed by atoms with van der Waals surface area (Å²) >= 11 is 1.33. The molecule has 0 aliphatic rings. The van der Waals surface area contributed by atoms with Crippen LogP contribution >= 0.6 is 11.3 Å². The summed E-state index contributed by atoms with van der Waals surface area (Å²) in [5, 5.41) is 6.38. The first-order valence-electron chi connectivity index (χ1n) is 12.4. The van der Waals surface area contributed by atoms with Crippen molar-refractivity contribution in [2.75, 3.05) is 18.5 Å². The van der Waals surface area contributed by atoms with Crippen LogP contribution in [0.3, 0.4) is 0 Å². The molecule has 0 spiro atoms. The zero-order valence-corrected chi connectivity index (χ0v) is 22.3. The minimum atomic E-state index is -0.447. The van der Waals surface area contributed by atoms with E-state index in [4.69, 9.17) is 9.47 Å². The number of aryl methyl sites for hydroxylation is 3. The van der Waals surface area contributed by atoms with E-state index in [9.17, 15) is 9.59 Å². The van der Waals surface area contributed by atoms with Gasteiger partial charge in [0.2, 0.25) is 0 Å². The fraction of sp³-hybridized carbons (Fsp3) is 0.310. The van der Waals surface area contributed by atoms with Crippen molar-refractivity contribution in [3.05, 3.63) is 70.2 Å². The van der Waals surface area contributed by atoms with E-state index in [1.807, 2.05) is 61.1 Å². The Labute approximate surface area is 215 Å². The van der Waals surface area contributed by atoms with E-state index in [1.54, 1.807) is 6.92 Å². The zero-order valence-electron chi connectivity index (χ0n) is 21.4. The van der Waals surface area contributed by atoms with Gasteiger partial charge in [-0.15, -0.1) is 11.3 Å². The van der Waals surface area contributed by atoms with Crippen LogP contribution in [0, 0.1) is 6.92 Å². The number of hydrogen-bond acceptors (Lipinski definition) is 5. The number of rotatable bonds is 9. The van der Waals surface area contributed by atoms with Crippen LogP contribution in [-0.4, -0.2) is 29.7 Å². The minimum Gasteiger partial charge on any atom is -0.494 e. The molecule has 0 saturated carbocycles. The number of thiophene rings is 1. The predicted octanol–water partition coefficient (Wildman–Crippen LogP) is 7.09. The number of esters is 1. The predicted molar refractivity (Wildman–Crippen MR) is 147 cm³/mol. The molecule has 0 aliphatic heterocycles. The first kappa shape index (κ1) is 25.5. The van der Waals surface area contributed by atoms with Crippen molar-refractivity contribution in [3.63, 3.8) is 0 Å². The maximum absolute atomic E-state index is 13.6. The normalized spacial score (nSPS) is 11.0. The fourth-order valence-electron chi connectivity index (χ4n) is 4.53. The monoisotopic (exact) mass is 504 g/mol. The second kappa shape index (κ2) is 11.0. The topological polar surface area (TPSA) is 69.6 Å². The third-order valence-electron chi connectivity index (χ3n) is 6.30. The molecule has 4 rings (SSSR count). The van der Waals surface area contributed by atoms with E-state index in [-0.39, 0.29) is 12.5 Å². The van der Waals surface area contributed by atoms with Crippen LogP contribution in [0.5, 0.6) is 5.75 Å². The summed E-state index contributed by atoms with van der Waals surface area (Å²) < 4.78 is 13.0. The summed E-state index contributed by atoms with van der Waals surface area (Å²) in [4.78, 5) is 26.7. The lowest BCUT2D eigenvalue weighted by Gasteiger charge is -2.11. The molecule has 2 heterocycles. The van der Waals surface area contributed by atoms with E-state index in [2.05, 4.69) is 24.4 Å². The summed E-state index contributed by atoms with van der Waals surface area (Å²) in [5.41, 5.74) is 5.68. The van der Waals surface area contributed by atoms with Gasteiger partial charge < -0.3 is 19.4 Å². The van der Waals surface area contributed by atoms with Gasteiger partial charge in [0.15, 0.2) is 0 Å². The molecule has 0 aliphatic carbocycles. The molecular weight excluding hydrogens is 472 g/mol. The van der Waals surface area contributed by atoms with Crippen molar-refractivity contribution < 1.29 is 19.1 Å². The Morgan fingerprint density at radius 3 is 2.39 bits per heavy atom. The number of hydrogen-bond donors (Lipinski definition) is 1. The van der Waals surface area contributed by atoms with Crippen LogP contribution in [0.2, 0.25) is 0 Å². The van der Waals surface area contributed by atoms with Crippen LogP contribution in [0.25, 0.3) is 22.0 Å². The maximum atomic E-state index is 13.6. The van der Waals surface area contributed by atoms with Crippen molar-refractivity contribution in [3.8, 4) is 16.9 Å². The number of amides is 1. The molecule has 36 heavy (non-hydrogen) atoms. The third-order valence-corrected chi connectivity index (χ3v) is 7.20. The molecule has 2 aromatic heterocycles. The number of nitrogens with one attached hydrogen (secondary N) is 1. The summed E-state index contributed by atoms with van der Waals surface area (Å²) in [7, 11) is 0.